The minimum atomic E-state index is -0.285. The summed E-state index contributed by atoms with van der Waals surface area (Å²) in [5.74, 6) is 1.15. The number of halogens is 1. The number of hydrogen-bond donors (Lipinski definition) is 1. The van der Waals surface area contributed by atoms with E-state index in [-0.39, 0.29) is 5.82 Å². The van der Waals surface area contributed by atoms with Gasteiger partial charge in [-0.1, -0.05) is 11.2 Å². The van der Waals surface area contributed by atoms with E-state index in [0.717, 1.165) is 24.9 Å². The molecule has 0 amide bonds. The Morgan fingerprint density at radius 1 is 1.40 bits per heavy atom. The molecule has 1 aliphatic heterocycles. The monoisotopic (exact) mass is 275 g/mol. The Balaban J connectivity index is 1.88. The summed E-state index contributed by atoms with van der Waals surface area (Å²) in [6.07, 6.45) is 1.98. The highest BCUT2D eigenvalue weighted by atomic mass is 19.1. The number of aryl methyl sites for hydroxylation is 1. The van der Waals surface area contributed by atoms with Gasteiger partial charge in [-0.05, 0) is 50.9 Å². The molecule has 1 aromatic heterocycles. The number of hydrogen-bond acceptors (Lipinski definition) is 4. The number of aromatic nitrogens is 2. The number of nitrogens with zero attached hydrogens (tertiary/aromatic N) is 2. The second kappa shape index (κ2) is 5.32. The molecular formula is C15H18FN3O. The molecule has 2 atom stereocenters. The van der Waals surface area contributed by atoms with Gasteiger partial charge in [0.1, 0.15) is 5.82 Å². The molecule has 0 saturated carbocycles. The van der Waals surface area contributed by atoms with Crippen molar-refractivity contribution in [2.24, 2.45) is 0 Å². The van der Waals surface area contributed by atoms with Gasteiger partial charge in [0.15, 0.2) is 0 Å². The summed E-state index contributed by atoms with van der Waals surface area (Å²) < 4.78 is 18.7. The Morgan fingerprint density at radius 2 is 2.25 bits per heavy atom. The van der Waals surface area contributed by atoms with Gasteiger partial charge in [-0.25, -0.2) is 4.39 Å². The molecule has 1 aromatic carbocycles. The lowest BCUT2D eigenvalue weighted by Crippen LogP contribution is -2.34. The number of piperidine rings is 1. The quantitative estimate of drug-likeness (QED) is 0.915. The van der Waals surface area contributed by atoms with Gasteiger partial charge in [0.2, 0.25) is 11.7 Å². The summed E-state index contributed by atoms with van der Waals surface area (Å²) in [5.41, 5.74) is 1.64. The fraction of sp³-hybridized carbons (Fsp3) is 0.467. The molecule has 1 N–H and O–H groups in total. The summed E-state index contributed by atoms with van der Waals surface area (Å²) in [4.78, 5) is 4.47. The van der Waals surface area contributed by atoms with E-state index in [1.807, 2.05) is 6.92 Å². The molecule has 3 rings (SSSR count). The molecule has 0 aliphatic carbocycles. The zero-order chi connectivity index (χ0) is 14.1. The fourth-order valence-corrected chi connectivity index (χ4v) is 2.70. The Bertz CT molecular complexity index is 611. The van der Waals surface area contributed by atoms with Crippen molar-refractivity contribution in [3.8, 4) is 11.4 Å². The summed E-state index contributed by atoms with van der Waals surface area (Å²) in [5, 5.41) is 7.41. The van der Waals surface area contributed by atoms with E-state index in [2.05, 4.69) is 22.4 Å². The van der Waals surface area contributed by atoms with Crippen LogP contribution in [0.1, 0.15) is 37.1 Å². The highest BCUT2D eigenvalue weighted by molar-refractivity contribution is 5.59. The van der Waals surface area contributed by atoms with Gasteiger partial charge in [-0.2, -0.15) is 4.98 Å². The summed E-state index contributed by atoms with van der Waals surface area (Å²) in [6, 6.07) is 5.08. The first-order valence-electron chi connectivity index (χ1n) is 6.97. The van der Waals surface area contributed by atoms with Crippen molar-refractivity contribution in [1.29, 1.82) is 0 Å². The first-order valence-corrected chi connectivity index (χ1v) is 6.97. The molecular weight excluding hydrogens is 257 g/mol. The number of benzene rings is 1. The Hall–Kier alpha value is -1.75. The van der Waals surface area contributed by atoms with Crippen molar-refractivity contribution < 1.29 is 8.91 Å². The molecule has 2 aromatic rings. The smallest absolute Gasteiger partial charge is 0.230 e. The van der Waals surface area contributed by atoms with Gasteiger partial charge in [-0.3, -0.25) is 0 Å². The van der Waals surface area contributed by atoms with Crippen molar-refractivity contribution in [1.82, 2.24) is 15.5 Å². The van der Waals surface area contributed by atoms with Crippen molar-refractivity contribution in [2.45, 2.75) is 38.6 Å². The first-order chi connectivity index (χ1) is 9.63. The van der Waals surface area contributed by atoms with Crippen molar-refractivity contribution in [3.63, 3.8) is 0 Å². The van der Waals surface area contributed by atoms with Crippen molar-refractivity contribution in [2.75, 3.05) is 6.54 Å². The molecule has 1 aliphatic rings. The Morgan fingerprint density at radius 3 is 3.05 bits per heavy atom. The predicted molar refractivity (Wildman–Crippen MR) is 73.9 cm³/mol. The van der Waals surface area contributed by atoms with Gasteiger partial charge in [0.25, 0.3) is 0 Å². The molecule has 5 heteroatoms. The molecule has 0 bridgehead atoms. The fourth-order valence-electron chi connectivity index (χ4n) is 2.70. The second-order valence-electron chi connectivity index (χ2n) is 5.49. The maximum Gasteiger partial charge on any atom is 0.230 e. The minimum Gasteiger partial charge on any atom is -0.339 e. The van der Waals surface area contributed by atoms with Crippen LogP contribution in [0, 0.1) is 12.7 Å². The maximum atomic E-state index is 13.4. The molecule has 2 heterocycles. The third-order valence-electron chi connectivity index (χ3n) is 3.86. The summed E-state index contributed by atoms with van der Waals surface area (Å²) in [6.45, 7) is 5.03. The van der Waals surface area contributed by atoms with E-state index in [4.69, 9.17) is 4.52 Å². The highest BCUT2D eigenvalue weighted by Gasteiger charge is 2.25. The third-order valence-corrected chi connectivity index (χ3v) is 3.86. The molecule has 2 unspecified atom stereocenters. The van der Waals surface area contributed by atoms with E-state index in [1.54, 1.807) is 6.07 Å². The average Bonchev–Trinajstić information content (AvgIpc) is 2.91. The van der Waals surface area contributed by atoms with Crippen LogP contribution in [0.5, 0.6) is 0 Å². The van der Waals surface area contributed by atoms with E-state index < -0.39 is 0 Å². The van der Waals surface area contributed by atoms with Crippen LogP contribution in [-0.4, -0.2) is 22.7 Å². The summed E-state index contributed by atoms with van der Waals surface area (Å²) >= 11 is 0. The van der Waals surface area contributed by atoms with Crippen LogP contribution in [-0.2, 0) is 0 Å². The first kappa shape index (κ1) is 13.2. The lowest BCUT2D eigenvalue weighted by molar-refractivity contribution is 0.295. The second-order valence-corrected chi connectivity index (χ2v) is 5.49. The van der Waals surface area contributed by atoms with Crippen molar-refractivity contribution >= 4 is 0 Å². The topological polar surface area (TPSA) is 51.0 Å². The summed E-state index contributed by atoms with van der Waals surface area (Å²) in [7, 11) is 0. The minimum absolute atomic E-state index is 0.285. The van der Waals surface area contributed by atoms with Gasteiger partial charge in [0.05, 0.1) is 0 Å². The predicted octanol–water partition coefficient (Wildman–Crippen LogP) is 3.04. The molecule has 0 radical (unpaired) electrons. The number of nitrogens with one attached hydrogen (secondary N) is 1. The Kier molecular flexibility index (Phi) is 3.53. The zero-order valence-corrected chi connectivity index (χ0v) is 11.7. The molecule has 106 valence electrons. The van der Waals surface area contributed by atoms with Crippen LogP contribution >= 0.6 is 0 Å². The SMILES string of the molecule is Cc1ccc(F)cc1-c1noc(C2CCNC(C)C2)n1. The van der Waals surface area contributed by atoms with Crippen LogP contribution in [0.3, 0.4) is 0 Å². The molecule has 1 fully saturated rings. The van der Waals surface area contributed by atoms with E-state index in [0.29, 0.717) is 29.2 Å². The zero-order valence-electron chi connectivity index (χ0n) is 11.7. The number of rotatable bonds is 2. The van der Waals surface area contributed by atoms with Gasteiger partial charge in [0, 0.05) is 17.5 Å². The van der Waals surface area contributed by atoms with Gasteiger partial charge < -0.3 is 9.84 Å². The molecule has 0 spiro atoms. The van der Waals surface area contributed by atoms with E-state index in [1.165, 1.54) is 12.1 Å². The van der Waals surface area contributed by atoms with Crippen LogP contribution in [0.4, 0.5) is 4.39 Å². The normalized spacial score (nSPS) is 22.9. The standard InChI is InChI=1S/C15H18FN3O/c1-9-3-4-12(16)8-13(9)14-18-15(20-19-14)11-5-6-17-10(2)7-11/h3-4,8,10-11,17H,5-7H2,1-2H3. The van der Waals surface area contributed by atoms with Crippen LogP contribution in [0.25, 0.3) is 11.4 Å². The highest BCUT2D eigenvalue weighted by Crippen LogP contribution is 2.29. The van der Waals surface area contributed by atoms with Crippen molar-refractivity contribution in [3.05, 3.63) is 35.5 Å². The molecule has 20 heavy (non-hydrogen) atoms. The van der Waals surface area contributed by atoms with Crippen LogP contribution in [0.15, 0.2) is 22.7 Å². The van der Waals surface area contributed by atoms with Gasteiger partial charge in [-0.15, -0.1) is 0 Å². The average molecular weight is 275 g/mol. The van der Waals surface area contributed by atoms with Crippen LogP contribution in [0.2, 0.25) is 0 Å². The molecule has 4 nitrogen and oxygen atoms in total. The lowest BCUT2D eigenvalue weighted by Gasteiger charge is -2.25. The molecule has 1 saturated heterocycles. The third kappa shape index (κ3) is 2.58. The largest absolute Gasteiger partial charge is 0.339 e. The Labute approximate surface area is 117 Å². The van der Waals surface area contributed by atoms with E-state index in [9.17, 15) is 4.39 Å². The van der Waals surface area contributed by atoms with Crippen LogP contribution < -0.4 is 5.32 Å². The lowest BCUT2D eigenvalue weighted by atomic mass is 9.93. The van der Waals surface area contributed by atoms with E-state index >= 15 is 0 Å². The van der Waals surface area contributed by atoms with Gasteiger partial charge >= 0.3 is 0 Å². The maximum absolute atomic E-state index is 13.4.